The predicted octanol–water partition coefficient (Wildman–Crippen LogP) is -0.968. The molecule has 0 aromatic heterocycles. The van der Waals surface area contributed by atoms with Crippen molar-refractivity contribution in [3.63, 3.8) is 0 Å². The van der Waals surface area contributed by atoms with Crippen LogP contribution in [0.15, 0.2) is 12.1 Å². The molecule has 0 N–H and O–H groups in total. The van der Waals surface area contributed by atoms with Gasteiger partial charge in [0.25, 0.3) is 0 Å². The standard InChI is InChI=1S/C7H5BF5O.K/c1-14-7-5(9)3-2-4(6(7)10)8(11,12)13;/h2-3H,1H3;/q-1;+1. The number of benzene rings is 1. The second-order valence-corrected chi connectivity index (χ2v) is 2.56. The average Bonchev–Trinajstić information content (AvgIpc) is 2.02. The van der Waals surface area contributed by atoms with Crippen LogP contribution in [0.5, 0.6) is 5.75 Å². The van der Waals surface area contributed by atoms with E-state index in [1.54, 1.807) is 0 Å². The summed E-state index contributed by atoms with van der Waals surface area (Å²) in [7, 11) is 0.897. The first-order valence-corrected chi connectivity index (χ1v) is 3.59. The van der Waals surface area contributed by atoms with E-state index in [1.807, 2.05) is 0 Å². The third-order valence-corrected chi connectivity index (χ3v) is 1.64. The summed E-state index contributed by atoms with van der Waals surface area (Å²) in [4.78, 5) is 0. The molecular weight excluding hydrogens is 245 g/mol. The zero-order valence-corrected chi connectivity index (χ0v) is 11.2. The van der Waals surface area contributed by atoms with Crippen LogP contribution in [0.4, 0.5) is 21.7 Å². The summed E-state index contributed by atoms with van der Waals surface area (Å²) in [5.74, 6) is -3.88. The molecule has 78 valence electrons. The molecule has 1 aromatic carbocycles. The number of ether oxygens (including phenoxy) is 1. The molecule has 0 radical (unpaired) electrons. The van der Waals surface area contributed by atoms with Gasteiger partial charge in [0.1, 0.15) is 5.82 Å². The fourth-order valence-corrected chi connectivity index (χ4v) is 0.988. The Morgan fingerprint density at radius 3 is 2.07 bits per heavy atom. The van der Waals surface area contributed by atoms with Crippen LogP contribution in [0.1, 0.15) is 0 Å². The summed E-state index contributed by atoms with van der Waals surface area (Å²) in [6, 6.07) is 0.875. The molecule has 8 heteroatoms. The van der Waals surface area contributed by atoms with Gasteiger partial charge in [-0.1, -0.05) is 11.5 Å². The van der Waals surface area contributed by atoms with Crippen LogP contribution in [-0.2, 0) is 0 Å². The molecule has 0 spiro atoms. The van der Waals surface area contributed by atoms with Gasteiger partial charge in [-0.05, 0) is 6.07 Å². The van der Waals surface area contributed by atoms with E-state index in [0.717, 1.165) is 7.11 Å². The van der Waals surface area contributed by atoms with Crippen molar-refractivity contribution in [2.24, 2.45) is 0 Å². The molecule has 1 aromatic rings. The summed E-state index contributed by atoms with van der Waals surface area (Å²) in [6.07, 6.45) is 0. The molecule has 0 heterocycles. The van der Waals surface area contributed by atoms with Crippen molar-refractivity contribution in [3.8, 4) is 5.75 Å². The normalized spacial score (nSPS) is 10.8. The SMILES string of the molecule is COc1c(F)ccc([B-](F)(F)F)c1F.[K+]. The van der Waals surface area contributed by atoms with E-state index in [0.29, 0.717) is 12.1 Å². The van der Waals surface area contributed by atoms with Gasteiger partial charge in [0.05, 0.1) is 7.11 Å². The van der Waals surface area contributed by atoms with Gasteiger partial charge < -0.3 is 17.7 Å². The van der Waals surface area contributed by atoms with E-state index in [2.05, 4.69) is 4.74 Å². The molecule has 0 atom stereocenters. The van der Waals surface area contributed by atoms with E-state index in [1.165, 1.54) is 0 Å². The molecule has 0 saturated carbocycles. The maximum absolute atomic E-state index is 13.0. The van der Waals surface area contributed by atoms with Crippen molar-refractivity contribution in [1.29, 1.82) is 0 Å². The fourth-order valence-electron chi connectivity index (χ4n) is 0.988. The van der Waals surface area contributed by atoms with Gasteiger partial charge in [0.15, 0.2) is 11.6 Å². The van der Waals surface area contributed by atoms with E-state index < -0.39 is 29.8 Å². The maximum atomic E-state index is 13.0. The van der Waals surface area contributed by atoms with Crippen molar-refractivity contribution in [2.45, 2.75) is 0 Å². The van der Waals surface area contributed by atoms with Crippen LogP contribution in [0.25, 0.3) is 0 Å². The topological polar surface area (TPSA) is 9.23 Å². The van der Waals surface area contributed by atoms with Crippen molar-refractivity contribution >= 4 is 12.4 Å². The van der Waals surface area contributed by atoms with Crippen molar-refractivity contribution in [1.82, 2.24) is 0 Å². The first-order valence-electron chi connectivity index (χ1n) is 3.59. The summed E-state index contributed by atoms with van der Waals surface area (Å²) in [5.41, 5.74) is -1.48. The Kier molecular flexibility index (Phi) is 5.77. The Balaban J connectivity index is 0.00000196. The molecule has 1 rings (SSSR count). The van der Waals surface area contributed by atoms with Crippen LogP contribution in [-0.4, -0.2) is 14.1 Å². The van der Waals surface area contributed by atoms with Crippen molar-refractivity contribution < 1.29 is 77.8 Å². The van der Waals surface area contributed by atoms with Crippen molar-refractivity contribution in [3.05, 3.63) is 23.8 Å². The van der Waals surface area contributed by atoms with Gasteiger partial charge in [-0.3, -0.25) is 0 Å². The number of rotatable bonds is 2. The van der Waals surface area contributed by atoms with Crippen LogP contribution in [0.2, 0.25) is 0 Å². The van der Waals surface area contributed by atoms with Crippen molar-refractivity contribution in [2.75, 3.05) is 7.11 Å². The van der Waals surface area contributed by atoms with Gasteiger partial charge in [0, 0.05) is 0 Å². The number of hydrogen-bond donors (Lipinski definition) is 0. The number of methoxy groups -OCH3 is 1. The minimum absolute atomic E-state index is 0. The minimum Gasteiger partial charge on any atom is -0.491 e. The molecular formula is C7H5BF5KO. The van der Waals surface area contributed by atoms with Gasteiger partial charge in [-0.15, -0.1) is 0 Å². The van der Waals surface area contributed by atoms with E-state index in [9.17, 15) is 21.7 Å². The summed E-state index contributed by atoms with van der Waals surface area (Å²) in [5, 5.41) is 0. The van der Waals surface area contributed by atoms with E-state index in [-0.39, 0.29) is 51.4 Å². The fraction of sp³-hybridized carbons (Fsp3) is 0.143. The zero-order valence-electron chi connectivity index (χ0n) is 8.03. The smallest absolute Gasteiger partial charge is 0.491 e. The zero-order chi connectivity index (χ0) is 10.9. The first kappa shape index (κ1) is 15.4. The molecule has 0 aliphatic rings. The van der Waals surface area contributed by atoms with Crippen LogP contribution in [0.3, 0.4) is 0 Å². The van der Waals surface area contributed by atoms with Crippen LogP contribution >= 0.6 is 0 Å². The Morgan fingerprint density at radius 1 is 1.13 bits per heavy atom. The largest absolute Gasteiger partial charge is 1.00 e. The summed E-state index contributed by atoms with van der Waals surface area (Å²) in [6.45, 7) is -5.49. The molecule has 0 unspecified atom stereocenters. The molecule has 0 aliphatic carbocycles. The Labute approximate surface area is 125 Å². The Hall–Kier alpha value is 0.371. The molecule has 0 bridgehead atoms. The van der Waals surface area contributed by atoms with Gasteiger partial charge in [0.2, 0.25) is 0 Å². The third kappa shape index (κ3) is 3.42. The number of hydrogen-bond acceptors (Lipinski definition) is 1. The van der Waals surface area contributed by atoms with Gasteiger partial charge >= 0.3 is 58.4 Å². The molecule has 0 amide bonds. The Bertz CT molecular complexity index is 354. The minimum atomic E-state index is -5.49. The molecule has 15 heavy (non-hydrogen) atoms. The quantitative estimate of drug-likeness (QED) is 0.485. The maximum Gasteiger partial charge on any atom is 1.00 e. The third-order valence-electron chi connectivity index (χ3n) is 1.64. The second kappa shape index (κ2) is 5.63. The van der Waals surface area contributed by atoms with Crippen LogP contribution in [0, 0.1) is 11.6 Å². The molecule has 1 nitrogen and oxygen atoms in total. The molecule has 0 fully saturated rings. The predicted molar refractivity (Wildman–Crippen MR) is 41.6 cm³/mol. The van der Waals surface area contributed by atoms with Gasteiger partial charge in [-0.25, -0.2) is 8.78 Å². The van der Waals surface area contributed by atoms with Gasteiger partial charge in [-0.2, -0.15) is 0 Å². The van der Waals surface area contributed by atoms with E-state index in [4.69, 9.17) is 0 Å². The molecule has 0 saturated heterocycles. The number of halogens is 5. The Morgan fingerprint density at radius 2 is 1.67 bits per heavy atom. The monoisotopic (exact) mass is 250 g/mol. The molecule has 0 aliphatic heterocycles. The summed E-state index contributed by atoms with van der Waals surface area (Å²) < 4.78 is 66.2. The van der Waals surface area contributed by atoms with Crippen LogP contribution < -0.4 is 61.6 Å². The summed E-state index contributed by atoms with van der Waals surface area (Å²) >= 11 is 0. The average molecular weight is 250 g/mol. The van der Waals surface area contributed by atoms with E-state index >= 15 is 0 Å². The second-order valence-electron chi connectivity index (χ2n) is 2.56. The first-order chi connectivity index (χ1) is 6.38.